The van der Waals surface area contributed by atoms with Crippen molar-refractivity contribution in [2.45, 2.75) is 25.9 Å². The van der Waals surface area contributed by atoms with Gasteiger partial charge in [0.25, 0.3) is 0 Å². The normalized spacial score (nSPS) is 10.4. The van der Waals surface area contributed by atoms with Crippen molar-refractivity contribution in [3.8, 4) is 5.88 Å². The minimum atomic E-state index is -0.966. The van der Waals surface area contributed by atoms with Crippen LogP contribution in [0.1, 0.15) is 33.5 Å². The zero-order valence-corrected chi connectivity index (χ0v) is 16.8. The first-order valence-corrected chi connectivity index (χ1v) is 9.68. The molecule has 154 valence electrons. The van der Waals surface area contributed by atoms with Crippen LogP contribution in [-0.4, -0.2) is 34.0 Å². The molecule has 0 saturated carbocycles. The summed E-state index contributed by atoms with van der Waals surface area (Å²) in [6.07, 6.45) is 2.66. The van der Waals surface area contributed by atoms with Crippen LogP contribution in [0.25, 0.3) is 0 Å². The van der Waals surface area contributed by atoms with Crippen molar-refractivity contribution in [2.75, 3.05) is 7.11 Å². The number of methoxy groups -OCH3 is 1. The summed E-state index contributed by atoms with van der Waals surface area (Å²) in [6.45, 7) is 0.899. The Bertz CT molecular complexity index is 970. The van der Waals surface area contributed by atoms with Crippen molar-refractivity contribution in [3.63, 3.8) is 0 Å². The lowest BCUT2D eigenvalue weighted by molar-refractivity contribution is -0.132. The Hall–Kier alpha value is -3.67. The molecule has 0 aliphatic heterocycles. The predicted octanol–water partition coefficient (Wildman–Crippen LogP) is 3.95. The number of carbonyl (C=O) groups excluding carboxylic acids is 1. The van der Waals surface area contributed by atoms with E-state index < -0.39 is 5.97 Å². The summed E-state index contributed by atoms with van der Waals surface area (Å²) in [5.74, 6) is -0.399. The van der Waals surface area contributed by atoms with E-state index in [-0.39, 0.29) is 11.5 Å². The van der Waals surface area contributed by atoms with Crippen molar-refractivity contribution < 1.29 is 19.4 Å². The molecular weight excluding hydrogens is 380 g/mol. The van der Waals surface area contributed by atoms with E-state index in [9.17, 15) is 9.59 Å². The maximum absolute atomic E-state index is 13.0. The largest absolute Gasteiger partial charge is 0.481 e. The van der Waals surface area contributed by atoms with Crippen molar-refractivity contribution in [1.29, 1.82) is 0 Å². The van der Waals surface area contributed by atoms with Crippen LogP contribution in [-0.2, 0) is 24.3 Å². The number of nitrogens with zero attached hydrogens (tertiary/aromatic N) is 2. The van der Waals surface area contributed by atoms with Gasteiger partial charge in [0.15, 0.2) is 0 Å². The number of hydrogen-bond donors (Lipinski definition) is 1. The van der Waals surface area contributed by atoms with Crippen LogP contribution in [0.4, 0.5) is 0 Å². The third-order valence-corrected chi connectivity index (χ3v) is 4.78. The molecule has 1 amide bonds. The summed E-state index contributed by atoms with van der Waals surface area (Å²) in [7, 11) is 1.57. The summed E-state index contributed by atoms with van der Waals surface area (Å²) >= 11 is 0. The molecule has 0 radical (unpaired) electrons. The molecule has 1 N–H and O–H groups in total. The van der Waals surface area contributed by atoms with E-state index in [1.165, 1.54) is 0 Å². The molecule has 1 heterocycles. The molecule has 0 saturated heterocycles. The van der Waals surface area contributed by atoms with Gasteiger partial charge in [0.2, 0.25) is 11.8 Å². The monoisotopic (exact) mass is 404 g/mol. The Morgan fingerprint density at radius 3 is 2.10 bits per heavy atom. The molecule has 6 nitrogen and oxygen atoms in total. The SMILES string of the molecule is COc1ccc(CCC(=O)N(Cc2ccccc2)Cc2ccc(C(=O)O)cc2)cn1. The molecule has 2 aromatic carbocycles. The summed E-state index contributed by atoms with van der Waals surface area (Å²) in [5.41, 5.74) is 3.12. The molecule has 30 heavy (non-hydrogen) atoms. The van der Waals surface area contributed by atoms with Gasteiger partial charge >= 0.3 is 5.97 Å². The van der Waals surface area contributed by atoms with E-state index in [1.54, 1.807) is 48.5 Å². The smallest absolute Gasteiger partial charge is 0.335 e. The Morgan fingerprint density at radius 1 is 0.900 bits per heavy atom. The highest BCUT2D eigenvalue weighted by atomic mass is 16.5. The van der Waals surface area contributed by atoms with Gasteiger partial charge in [-0.2, -0.15) is 0 Å². The fraction of sp³-hybridized carbons (Fsp3) is 0.208. The Kier molecular flexibility index (Phi) is 7.16. The number of pyridine rings is 1. The lowest BCUT2D eigenvalue weighted by Gasteiger charge is -2.23. The highest BCUT2D eigenvalue weighted by Gasteiger charge is 2.15. The second-order valence-corrected chi connectivity index (χ2v) is 6.95. The lowest BCUT2D eigenvalue weighted by atomic mass is 10.1. The number of hydrogen-bond acceptors (Lipinski definition) is 4. The van der Waals surface area contributed by atoms with Gasteiger partial charge in [0, 0.05) is 31.8 Å². The summed E-state index contributed by atoms with van der Waals surface area (Å²) < 4.78 is 5.07. The van der Waals surface area contributed by atoms with E-state index in [0.717, 1.165) is 16.7 Å². The second-order valence-electron chi connectivity index (χ2n) is 6.95. The molecular formula is C24H24N2O4. The zero-order chi connectivity index (χ0) is 21.3. The van der Waals surface area contributed by atoms with Crippen LogP contribution < -0.4 is 4.74 Å². The molecule has 0 aliphatic carbocycles. The Morgan fingerprint density at radius 2 is 1.53 bits per heavy atom. The first kappa shape index (κ1) is 21.0. The highest BCUT2D eigenvalue weighted by molar-refractivity contribution is 5.87. The second kappa shape index (κ2) is 10.2. The van der Waals surface area contributed by atoms with Crippen LogP contribution in [0.15, 0.2) is 72.9 Å². The molecule has 0 aliphatic rings. The number of ether oxygens (including phenoxy) is 1. The summed E-state index contributed by atoms with van der Waals surface area (Å²) in [4.78, 5) is 30.1. The fourth-order valence-electron chi connectivity index (χ4n) is 3.10. The minimum Gasteiger partial charge on any atom is -0.481 e. The standard InChI is InChI=1S/C24H24N2O4/c1-30-22-13-9-18(15-25-22)10-14-23(27)26(16-19-5-3-2-4-6-19)17-20-7-11-21(12-8-20)24(28)29/h2-9,11-13,15H,10,14,16-17H2,1H3,(H,28,29). The zero-order valence-electron chi connectivity index (χ0n) is 16.8. The minimum absolute atomic E-state index is 0.0250. The van der Waals surface area contributed by atoms with Crippen LogP contribution >= 0.6 is 0 Å². The quantitative estimate of drug-likeness (QED) is 0.584. The number of aromatic nitrogens is 1. The summed E-state index contributed by atoms with van der Waals surface area (Å²) in [5, 5.41) is 9.07. The molecule has 0 fully saturated rings. The number of carboxylic acids is 1. The number of rotatable bonds is 9. The number of carbonyl (C=O) groups is 2. The topological polar surface area (TPSA) is 79.7 Å². The van der Waals surface area contributed by atoms with E-state index >= 15 is 0 Å². The van der Waals surface area contributed by atoms with Gasteiger partial charge < -0.3 is 14.7 Å². The van der Waals surface area contributed by atoms with E-state index in [2.05, 4.69) is 4.98 Å². The van der Waals surface area contributed by atoms with Crippen LogP contribution in [0.2, 0.25) is 0 Å². The van der Waals surface area contributed by atoms with Gasteiger partial charge in [-0.15, -0.1) is 0 Å². The number of aromatic carboxylic acids is 1. The molecule has 0 bridgehead atoms. The number of carboxylic acid groups (broad SMARTS) is 1. The number of amides is 1. The summed E-state index contributed by atoms with van der Waals surface area (Å²) in [6, 6.07) is 20.1. The van der Waals surface area contributed by atoms with Crippen LogP contribution in [0.5, 0.6) is 5.88 Å². The van der Waals surface area contributed by atoms with Crippen molar-refractivity contribution in [3.05, 3.63) is 95.2 Å². The van der Waals surface area contributed by atoms with Gasteiger partial charge in [-0.05, 0) is 35.2 Å². The van der Waals surface area contributed by atoms with E-state index in [4.69, 9.17) is 9.84 Å². The molecule has 0 unspecified atom stereocenters. The van der Waals surface area contributed by atoms with Gasteiger partial charge in [-0.3, -0.25) is 4.79 Å². The number of aryl methyl sites for hydroxylation is 1. The molecule has 0 atom stereocenters. The maximum atomic E-state index is 13.0. The Labute approximate surface area is 175 Å². The predicted molar refractivity (Wildman–Crippen MR) is 113 cm³/mol. The average molecular weight is 404 g/mol. The third-order valence-electron chi connectivity index (χ3n) is 4.78. The average Bonchev–Trinajstić information content (AvgIpc) is 2.78. The van der Waals surface area contributed by atoms with Crippen molar-refractivity contribution in [1.82, 2.24) is 9.88 Å². The molecule has 3 aromatic rings. The van der Waals surface area contributed by atoms with E-state index in [0.29, 0.717) is 31.8 Å². The fourth-order valence-corrected chi connectivity index (χ4v) is 3.10. The van der Waals surface area contributed by atoms with Gasteiger partial charge in [0.1, 0.15) is 0 Å². The van der Waals surface area contributed by atoms with Gasteiger partial charge in [0.05, 0.1) is 12.7 Å². The maximum Gasteiger partial charge on any atom is 0.335 e. The third kappa shape index (κ3) is 5.91. The molecule has 0 spiro atoms. The first-order valence-electron chi connectivity index (χ1n) is 9.68. The van der Waals surface area contributed by atoms with Crippen LogP contribution in [0.3, 0.4) is 0 Å². The number of benzene rings is 2. The van der Waals surface area contributed by atoms with Crippen LogP contribution in [0, 0.1) is 0 Å². The first-order chi connectivity index (χ1) is 14.5. The van der Waals surface area contributed by atoms with Crippen molar-refractivity contribution >= 4 is 11.9 Å². The molecule has 6 heteroatoms. The van der Waals surface area contributed by atoms with Gasteiger partial charge in [-0.25, -0.2) is 9.78 Å². The Balaban J connectivity index is 1.70. The van der Waals surface area contributed by atoms with E-state index in [1.807, 2.05) is 36.4 Å². The highest BCUT2D eigenvalue weighted by Crippen LogP contribution is 2.15. The lowest BCUT2D eigenvalue weighted by Crippen LogP contribution is -2.30. The molecule has 1 aromatic heterocycles. The molecule has 3 rings (SSSR count). The van der Waals surface area contributed by atoms with Crippen molar-refractivity contribution in [2.24, 2.45) is 0 Å². The van der Waals surface area contributed by atoms with Gasteiger partial charge in [-0.1, -0.05) is 48.5 Å².